The number of carbonyl (C=O) groups excluding carboxylic acids is 1. The predicted molar refractivity (Wildman–Crippen MR) is 119 cm³/mol. The molecule has 1 aliphatic rings. The molecule has 1 amide bonds. The number of carbonyl (C=O) groups is 1. The monoisotopic (exact) mass is 398 g/mol. The molecule has 0 bridgehead atoms. The molecule has 0 radical (unpaired) electrons. The second kappa shape index (κ2) is 8.25. The third kappa shape index (κ3) is 3.70. The number of amides is 1. The summed E-state index contributed by atoms with van der Waals surface area (Å²) in [5, 5.41) is 0. The van der Waals surface area contributed by atoms with Gasteiger partial charge in [0.05, 0.1) is 19.9 Å². The van der Waals surface area contributed by atoms with E-state index in [1.807, 2.05) is 79.7 Å². The Balaban J connectivity index is 1.84. The molecule has 0 atom stereocenters. The molecule has 5 nitrogen and oxygen atoms in total. The average molecular weight is 398 g/mol. The zero-order valence-corrected chi connectivity index (χ0v) is 17.1. The van der Waals surface area contributed by atoms with E-state index in [1.165, 1.54) is 0 Å². The standard InChI is InChI=1S/C25H22N2O3/c1-17-7-6-9-20(15-17)27-24(18-11-13-21(29-2)14-12-18)26-22(25(27)28)16-19-8-4-5-10-23(19)30-3/h4-16H,1-3H3/b22-16+. The quantitative estimate of drug-likeness (QED) is 0.578. The molecule has 1 aliphatic heterocycles. The van der Waals surface area contributed by atoms with Gasteiger partial charge in [-0.2, -0.15) is 0 Å². The number of para-hydroxylation sites is 1. The van der Waals surface area contributed by atoms with Gasteiger partial charge in [0.2, 0.25) is 0 Å². The number of ether oxygens (including phenoxy) is 2. The molecule has 150 valence electrons. The highest BCUT2D eigenvalue weighted by atomic mass is 16.5. The van der Waals surface area contributed by atoms with Gasteiger partial charge in [0.1, 0.15) is 23.0 Å². The van der Waals surface area contributed by atoms with Crippen molar-refractivity contribution in [2.75, 3.05) is 19.1 Å². The Morgan fingerprint density at radius 1 is 0.900 bits per heavy atom. The van der Waals surface area contributed by atoms with Crippen molar-refractivity contribution < 1.29 is 14.3 Å². The van der Waals surface area contributed by atoms with Gasteiger partial charge in [-0.25, -0.2) is 4.99 Å². The van der Waals surface area contributed by atoms with Crippen LogP contribution in [0.25, 0.3) is 6.08 Å². The second-order valence-corrected chi connectivity index (χ2v) is 6.92. The summed E-state index contributed by atoms with van der Waals surface area (Å²) in [6.07, 6.45) is 1.76. The van der Waals surface area contributed by atoms with Gasteiger partial charge >= 0.3 is 0 Å². The van der Waals surface area contributed by atoms with E-state index in [0.717, 1.165) is 28.1 Å². The molecule has 30 heavy (non-hydrogen) atoms. The van der Waals surface area contributed by atoms with Gasteiger partial charge in [0, 0.05) is 11.1 Å². The molecule has 0 spiro atoms. The molecule has 3 aromatic carbocycles. The lowest BCUT2D eigenvalue weighted by Crippen LogP contribution is -2.32. The Hall–Kier alpha value is -3.86. The number of hydrogen-bond acceptors (Lipinski definition) is 4. The molecule has 1 heterocycles. The van der Waals surface area contributed by atoms with Crippen molar-refractivity contribution in [1.82, 2.24) is 0 Å². The molecule has 0 saturated heterocycles. The molecule has 4 rings (SSSR count). The first-order chi connectivity index (χ1) is 14.6. The third-order valence-corrected chi connectivity index (χ3v) is 4.90. The van der Waals surface area contributed by atoms with Gasteiger partial charge in [0.15, 0.2) is 0 Å². The maximum atomic E-state index is 13.4. The summed E-state index contributed by atoms with van der Waals surface area (Å²) in [5.41, 5.74) is 3.82. The first kappa shape index (κ1) is 19.5. The molecule has 0 fully saturated rings. The van der Waals surface area contributed by atoms with Gasteiger partial charge in [0.25, 0.3) is 5.91 Å². The summed E-state index contributed by atoms with van der Waals surface area (Å²) in [7, 11) is 3.23. The van der Waals surface area contributed by atoms with Crippen LogP contribution in [0.5, 0.6) is 11.5 Å². The summed E-state index contributed by atoms with van der Waals surface area (Å²) in [6, 6.07) is 22.9. The maximum absolute atomic E-state index is 13.4. The number of aliphatic imine (C=N–C) groups is 1. The SMILES string of the molecule is COc1ccc(C2=N/C(=C/c3ccccc3OC)C(=O)N2c2cccc(C)c2)cc1. The van der Waals surface area contributed by atoms with Crippen LogP contribution < -0.4 is 14.4 Å². The van der Waals surface area contributed by atoms with Crippen LogP contribution in [0.4, 0.5) is 5.69 Å². The zero-order chi connectivity index (χ0) is 21.1. The molecule has 5 heteroatoms. The molecule has 3 aromatic rings. The Kier molecular flexibility index (Phi) is 5.35. The van der Waals surface area contributed by atoms with Gasteiger partial charge < -0.3 is 9.47 Å². The minimum absolute atomic E-state index is 0.183. The van der Waals surface area contributed by atoms with Crippen LogP contribution in [0.15, 0.2) is 83.5 Å². The fourth-order valence-electron chi connectivity index (χ4n) is 3.39. The first-order valence-corrected chi connectivity index (χ1v) is 9.59. The molecule has 0 unspecified atom stereocenters. The van der Waals surface area contributed by atoms with Crippen LogP contribution in [0.3, 0.4) is 0 Å². The normalized spacial score (nSPS) is 14.8. The van der Waals surface area contributed by atoms with Crippen molar-refractivity contribution in [1.29, 1.82) is 0 Å². The maximum Gasteiger partial charge on any atom is 0.282 e. The minimum atomic E-state index is -0.183. The number of hydrogen-bond donors (Lipinski definition) is 0. The molecular formula is C25H22N2O3. The molecular weight excluding hydrogens is 376 g/mol. The molecule has 0 aliphatic carbocycles. The van der Waals surface area contributed by atoms with Crippen LogP contribution in [0.1, 0.15) is 16.7 Å². The van der Waals surface area contributed by atoms with Crippen molar-refractivity contribution in [3.8, 4) is 11.5 Å². The topological polar surface area (TPSA) is 51.1 Å². The Labute approximate surface area is 175 Å². The largest absolute Gasteiger partial charge is 0.497 e. The second-order valence-electron chi connectivity index (χ2n) is 6.92. The van der Waals surface area contributed by atoms with Crippen LogP contribution in [-0.2, 0) is 4.79 Å². The number of aryl methyl sites for hydroxylation is 1. The summed E-state index contributed by atoms with van der Waals surface area (Å²) >= 11 is 0. The summed E-state index contributed by atoms with van der Waals surface area (Å²) in [5.74, 6) is 1.83. The van der Waals surface area contributed by atoms with Crippen LogP contribution in [0.2, 0.25) is 0 Å². The minimum Gasteiger partial charge on any atom is -0.497 e. The number of amidine groups is 1. The van der Waals surface area contributed by atoms with Gasteiger partial charge in [-0.15, -0.1) is 0 Å². The lowest BCUT2D eigenvalue weighted by molar-refractivity contribution is -0.113. The van der Waals surface area contributed by atoms with Crippen molar-refractivity contribution in [2.45, 2.75) is 6.92 Å². The van der Waals surface area contributed by atoms with Crippen molar-refractivity contribution in [3.63, 3.8) is 0 Å². The number of nitrogens with zero attached hydrogens (tertiary/aromatic N) is 2. The highest BCUT2D eigenvalue weighted by Gasteiger charge is 2.32. The third-order valence-electron chi connectivity index (χ3n) is 4.90. The summed E-state index contributed by atoms with van der Waals surface area (Å²) in [4.78, 5) is 19.8. The zero-order valence-electron chi connectivity index (χ0n) is 17.1. The van der Waals surface area contributed by atoms with E-state index < -0.39 is 0 Å². The average Bonchev–Trinajstić information content (AvgIpc) is 3.10. The molecule has 0 saturated carbocycles. The van der Waals surface area contributed by atoms with Crippen molar-refractivity contribution >= 4 is 23.5 Å². The number of benzene rings is 3. The summed E-state index contributed by atoms with van der Waals surface area (Å²) in [6.45, 7) is 2.00. The van der Waals surface area contributed by atoms with Crippen LogP contribution >= 0.6 is 0 Å². The van der Waals surface area contributed by atoms with E-state index in [4.69, 9.17) is 14.5 Å². The Morgan fingerprint density at radius 2 is 1.67 bits per heavy atom. The smallest absolute Gasteiger partial charge is 0.282 e. The van der Waals surface area contributed by atoms with Crippen LogP contribution in [-0.4, -0.2) is 26.0 Å². The Bertz CT molecular complexity index is 1150. The van der Waals surface area contributed by atoms with Crippen molar-refractivity contribution in [3.05, 3.63) is 95.2 Å². The van der Waals surface area contributed by atoms with E-state index in [2.05, 4.69) is 0 Å². The van der Waals surface area contributed by atoms with Gasteiger partial charge in [-0.1, -0.05) is 30.3 Å². The molecule has 0 aromatic heterocycles. The summed E-state index contributed by atoms with van der Waals surface area (Å²) < 4.78 is 10.7. The number of anilines is 1. The lowest BCUT2D eigenvalue weighted by atomic mass is 10.1. The predicted octanol–water partition coefficient (Wildman–Crippen LogP) is 4.85. The number of methoxy groups -OCH3 is 2. The highest BCUT2D eigenvalue weighted by molar-refractivity contribution is 6.33. The van der Waals surface area contributed by atoms with Gasteiger partial charge in [-0.3, -0.25) is 9.69 Å². The fourth-order valence-corrected chi connectivity index (χ4v) is 3.39. The van der Waals surface area contributed by atoms with E-state index in [9.17, 15) is 4.79 Å². The fraction of sp³-hybridized carbons (Fsp3) is 0.120. The van der Waals surface area contributed by atoms with E-state index >= 15 is 0 Å². The Morgan fingerprint density at radius 3 is 2.37 bits per heavy atom. The number of rotatable bonds is 5. The van der Waals surface area contributed by atoms with E-state index in [0.29, 0.717) is 17.3 Å². The van der Waals surface area contributed by atoms with E-state index in [-0.39, 0.29) is 5.91 Å². The van der Waals surface area contributed by atoms with Crippen molar-refractivity contribution in [2.24, 2.45) is 4.99 Å². The lowest BCUT2D eigenvalue weighted by Gasteiger charge is -2.19. The van der Waals surface area contributed by atoms with E-state index in [1.54, 1.807) is 25.2 Å². The molecule has 0 N–H and O–H groups in total. The highest BCUT2D eigenvalue weighted by Crippen LogP contribution is 2.30. The van der Waals surface area contributed by atoms with Crippen LogP contribution in [0, 0.1) is 6.92 Å². The first-order valence-electron chi connectivity index (χ1n) is 9.59. The van der Waals surface area contributed by atoms with Gasteiger partial charge in [-0.05, 0) is 61.0 Å².